The van der Waals surface area contributed by atoms with E-state index in [1.54, 1.807) is 24.3 Å². The normalized spacial score (nSPS) is 23.7. The van der Waals surface area contributed by atoms with Gasteiger partial charge in [-0.1, -0.05) is 0 Å². The summed E-state index contributed by atoms with van der Waals surface area (Å²) in [4.78, 5) is 20.0. The fraction of sp³-hybridized carbons (Fsp3) is 0.571. The van der Waals surface area contributed by atoms with E-state index < -0.39 is 6.04 Å². The molecule has 5 heteroatoms. The summed E-state index contributed by atoms with van der Waals surface area (Å²) in [7, 11) is 1.80. The first kappa shape index (κ1) is 14.0. The Morgan fingerprint density at radius 1 is 1.42 bits per heavy atom. The van der Waals surface area contributed by atoms with Crippen molar-refractivity contribution in [2.75, 3.05) is 20.2 Å². The van der Waals surface area contributed by atoms with Gasteiger partial charge in [-0.25, -0.2) is 0 Å². The number of aliphatic hydroxyl groups is 1. The summed E-state index contributed by atoms with van der Waals surface area (Å²) >= 11 is 0. The van der Waals surface area contributed by atoms with Crippen molar-refractivity contribution in [3.8, 4) is 0 Å². The van der Waals surface area contributed by atoms with Crippen LogP contribution in [0.2, 0.25) is 0 Å². The van der Waals surface area contributed by atoms with E-state index in [0.29, 0.717) is 6.54 Å². The van der Waals surface area contributed by atoms with Gasteiger partial charge in [0.2, 0.25) is 5.91 Å². The van der Waals surface area contributed by atoms with Gasteiger partial charge >= 0.3 is 0 Å². The number of pyridine rings is 1. The number of aromatic nitrogens is 1. The molecule has 1 aromatic rings. The molecule has 0 spiro atoms. The third-order valence-electron chi connectivity index (χ3n) is 3.86. The predicted molar refractivity (Wildman–Crippen MR) is 72.4 cm³/mol. The number of aliphatic hydroxyl groups excluding tert-OH is 1. The Hall–Kier alpha value is -1.46. The summed E-state index contributed by atoms with van der Waals surface area (Å²) in [5.74, 6) is -0.0205. The molecule has 1 N–H and O–H groups in total. The smallest absolute Gasteiger partial charge is 0.242 e. The fourth-order valence-electron chi connectivity index (χ4n) is 2.47. The van der Waals surface area contributed by atoms with Crippen LogP contribution in [-0.4, -0.2) is 57.6 Å². The van der Waals surface area contributed by atoms with E-state index >= 15 is 0 Å². The molecule has 2 heterocycles. The lowest BCUT2D eigenvalue weighted by molar-refractivity contribution is -0.151. The van der Waals surface area contributed by atoms with Crippen molar-refractivity contribution in [3.63, 3.8) is 0 Å². The van der Waals surface area contributed by atoms with E-state index in [1.807, 2.05) is 30.9 Å². The lowest BCUT2D eigenvalue weighted by Crippen LogP contribution is -2.65. The highest BCUT2D eigenvalue weighted by Gasteiger charge is 2.42. The van der Waals surface area contributed by atoms with Gasteiger partial charge in [-0.15, -0.1) is 0 Å². The van der Waals surface area contributed by atoms with Gasteiger partial charge in [0, 0.05) is 38.1 Å². The van der Waals surface area contributed by atoms with Gasteiger partial charge in [-0.2, -0.15) is 0 Å². The van der Waals surface area contributed by atoms with Gasteiger partial charge in [0.15, 0.2) is 0 Å². The molecule has 0 radical (unpaired) electrons. The summed E-state index contributed by atoms with van der Waals surface area (Å²) in [6.07, 6.45) is 3.48. The molecular formula is C14H21N3O2. The minimum atomic E-state index is -0.453. The van der Waals surface area contributed by atoms with E-state index in [2.05, 4.69) is 4.98 Å². The van der Waals surface area contributed by atoms with Crippen molar-refractivity contribution >= 4 is 5.91 Å². The monoisotopic (exact) mass is 263 g/mol. The van der Waals surface area contributed by atoms with Crippen LogP contribution in [-0.2, 0) is 11.3 Å². The highest BCUT2D eigenvalue weighted by atomic mass is 16.3. The van der Waals surface area contributed by atoms with Gasteiger partial charge in [0.1, 0.15) is 6.04 Å². The number of piperazine rings is 1. The number of rotatable bonds is 3. The van der Waals surface area contributed by atoms with Crippen LogP contribution >= 0.6 is 0 Å². The van der Waals surface area contributed by atoms with Crippen molar-refractivity contribution < 1.29 is 9.90 Å². The molecule has 1 unspecified atom stereocenters. The molecule has 1 aliphatic rings. The summed E-state index contributed by atoms with van der Waals surface area (Å²) in [6, 6.07) is 3.42. The molecule has 1 aliphatic heterocycles. The SMILES string of the molecule is CN1C(=O)C(CO)N(Cc2ccncc2)CC1(C)C. The number of likely N-dealkylation sites (N-methyl/N-ethyl adjacent to an activating group) is 1. The zero-order chi connectivity index (χ0) is 14.0. The van der Waals surface area contributed by atoms with E-state index in [9.17, 15) is 9.90 Å². The minimum Gasteiger partial charge on any atom is -0.394 e. The second kappa shape index (κ2) is 5.27. The first-order chi connectivity index (χ1) is 8.95. The highest BCUT2D eigenvalue weighted by Crippen LogP contribution is 2.25. The maximum atomic E-state index is 12.3. The Morgan fingerprint density at radius 2 is 2.05 bits per heavy atom. The predicted octanol–water partition coefficient (Wildman–Crippen LogP) is 0.495. The van der Waals surface area contributed by atoms with Gasteiger partial charge < -0.3 is 10.0 Å². The second-order valence-electron chi connectivity index (χ2n) is 5.67. The first-order valence-corrected chi connectivity index (χ1v) is 6.47. The Balaban J connectivity index is 2.20. The molecule has 1 saturated heterocycles. The van der Waals surface area contributed by atoms with Crippen LogP contribution in [0.1, 0.15) is 19.4 Å². The van der Waals surface area contributed by atoms with E-state index in [1.165, 1.54) is 0 Å². The van der Waals surface area contributed by atoms with E-state index in [4.69, 9.17) is 0 Å². The van der Waals surface area contributed by atoms with Crippen molar-refractivity contribution in [3.05, 3.63) is 30.1 Å². The summed E-state index contributed by atoms with van der Waals surface area (Å²) in [6.45, 7) is 5.32. The first-order valence-electron chi connectivity index (χ1n) is 6.47. The topological polar surface area (TPSA) is 56.7 Å². The summed E-state index contributed by atoms with van der Waals surface area (Å²) in [5.41, 5.74) is 0.872. The molecule has 2 rings (SSSR count). The molecule has 0 aromatic carbocycles. The van der Waals surface area contributed by atoms with Crippen LogP contribution in [0.25, 0.3) is 0 Å². The third kappa shape index (κ3) is 2.77. The second-order valence-corrected chi connectivity index (χ2v) is 5.67. The van der Waals surface area contributed by atoms with E-state index in [0.717, 1.165) is 12.1 Å². The number of carbonyl (C=O) groups excluding carboxylic acids is 1. The van der Waals surface area contributed by atoms with Crippen molar-refractivity contribution in [2.24, 2.45) is 0 Å². The molecule has 1 fully saturated rings. The van der Waals surface area contributed by atoms with Gasteiger partial charge in [0.05, 0.1) is 6.61 Å². The van der Waals surface area contributed by atoms with Crippen LogP contribution in [0.5, 0.6) is 0 Å². The molecule has 0 aliphatic carbocycles. The highest BCUT2D eigenvalue weighted by molar-refractivity contribution is 5.83. The van der Waals surface area contributed by atoms with Crippen molar-refractivity contribution in [1.29, 1.82) is 0 Å². The molecule has 5 nitrogen and oxygen atoms in total. The van der Waals surface area contributed by atoms with E-state index in [-0.39, 0.29) is 18.1 Å². The molecular weight excluding hydrogens is 242 g/mol. The molecule has 1 amide bonds. The molecule has 104 valence electrons. The number of hydrogen-bond donors (Lipinski definition) is 1. The quantitative estimate of drug-likeness (QED) is 0.862. The Bertz CT molecular complexity index is 447. The summed E-state index contributed by atoms with van der Waals surface area (Å²) in [5, 5.41) is 9.50. The van der Waals surface area contributed by atoms with Gasteiger partial charge in [-0.05, 0) is 31.5 Å². The molecule has 19 heavy (non-hydrogen) atoms. The minimum absolute atomic E-state index is 0.0205. The van der Waals surface area contributed by atoms with Crippen LogP contribution in [0, 0.1) is 0 Å². The Kier molecular flexibility index (Phi) is 3.87. The Labute approximate surface area is 113 Å². The fourth-order valence-corrected chi connectivity index (χ4v) is 2.47. The standard InChI is InChI=1S/C14H21N3O2/c1-14(2)10-17(8-11-4-6-15-7-5-11)12(9-18)13(19)16(14)3/h4-7,12,18H,8-10H2,1-3H3. The van der Waals surface area contributed by atoms with Crippen molar-refractivity contribution in [2.45, 2.75) is 32.0 Å². The zero-order valence-electron chi connectivity index (χ0n) is 11.7. The summed E-state index contributed by atoms with van der Waals surface area (Å²) < 4.78 is 0. The van der Waals surface area contributed by atoms with Crippen LogP contribution in [0.15, 0.2) is 24.5 Å². The molecule has 1 atom stereocenters. The lowest BCUT2D eigenvalue weighted by Gasteiger charge is -2.48. The maximum absolute atomic E-state index is 12.3. The van der Waals surface area contributed by atoms with Crippen LogP contribution < -0.4 is 0 Å². The van der Waals surface area contributed by atoms with Crippen LogP contribution in [0.3, 0.4) is 0 Å². The number of amides is 1. The number of carbonyl (C=O) groups is 1. The lowest BCUT2D eigenvalue weighted by atomic mass is 9.95. The number of nitrogens with zero attached hydrogens (tertiary/aromatic N) is 3. The zero-order valence-corrected chi connectivity index (χ0v) is 11.7. The maximum Gasteiger partial charge on any atom is 0.242 e. The van der Waals surface area contributed by atoms with Crippen LogP contribution in [0.4, 0.5) is 0 Å². The van der Waals surface area contributed by atoms with Gasteiger partial charge in [-0.3, -0.25) is 14.7 Å². The third-order valence-corrected chi connectivity index (χ3v) is 3.86. The molecule has 0 bridgehead atoms. The van der Waals surface area contributed by atoms with Crippen molar-refractivity contribution in [1.82, 2.24) is 14.8 Å². The average molecular weight is 263 g/mol. The molecule has 1 aromatic heterocycles. The largest absolute Gasteiger partial charge is 0.394 e. The number of hydrogen-bond acceptors (Lipinski definition) is 4. The molecule has 0 saturated carbocycles. The Morgan fingerprint density at radius 3 is 2.63 bits per heavy atom. The average Bonchev–Trinajstić information content (AvgIpc) is 2.37. The van der Waals surface area contributed by atoms with Gasteiger partial charge in [0.25, 0.3) is 0 Å².